The zero-order valence-corrected chi connectivity index (χ0v) is 17.6. The van der Waals surface area contributed by atoms with Crippen LogP contribution in [0.1, 0.15) is 24.0 Å². The van der Waals surface area contributed by atoms with Crippen molar-refractivity contribution in [3.05, 3.63) is 90.5 Å². The maximum Gasteiger partial charge on any atom is 0.223 e. The average molecular weight is 403 g/mol. The molecule has 5 nitrogen and oxygen atoms in total. The second kappa shape index (κ2) is 11.7. The summed E-state index contributed by atoms with van der Waals surface area (Å²) in [6, 6.07) is 18.7. The topological polar surface area (TPSA) is 50.2 Å². The second-order valence-corrected chi connectivity index (χ2v) is 7.41. The fraction of sp³-hybridized carbons (Fsp3) is 0.280. The molecular formula is C25H30N4O. The highest BCUT2D eigenvalue weighted by Crippen LogP contribution is 2.10. The van der Waals surface area contributed by atoms with E-state index in [0.29, 0.717) is 13.0 Å². The van der Waals surface area contributed by atoms with Crippen LogP contribution in [0.25, 0.3) is 11.8 Å². The Morgan fingerprint density at radius 2 is 1.90 bits per heavy atom. The largest absolute Gasteiger partial charge is 0.356 e. The van der Waals surface area contributed by atoms with Crippen LogP contribution in [0, 0.1) is 0 Å². The summed E-state index contributed by atoms with van der Waals surface area (Å²) in [6.45, 7) is 2.72. The van der Waals surface area contributed by atoms with Crippen LogP contribution in [0.5, 0.6) is 0 Å². The van der Waals surface area contributed by atoms with Crippen LogP contribution in [-0.2, 0) is 11.2 Å². The lowest BCUT2D eigenvalue weighted by atomic mass is 10.1. The van der Waals surface area contributed by atoms with E-state index in [-0.39, 0.29) is 5.91 Å². The normalized spacial score (nSPS) is 11.3. The molecule has 0 unspecified atom stereocenters. The Hall–Kier alpha value is -3.18. The third-order valence-corrected chi connectivity index (χ3v) is 4.97. The van der Waals surface area contributed by atoms with Crippen LogP contribution in [0.2, 0.25) is 0 Å². The first-order chi connectivity index (χ1) is 14.7. The number of amides is 1. The molecule has 30 heavy (non-hydrogen) atoms. The molecule has 0 aliphatic carbocycles. The molecule has 1 heterocycles. The smallest absolute Gasteiger partial charge is 0.223 e. The fourth-order valence-corrected chi connectivity index (χ4v) is 3.20. The lowest BCUT2D eigenvalue weighted by molar-refractivity contribution is -0.120. The molecule has 0 radical (unpaired) electrons. The van der Waals surface area contributed by atoms with Gasteiger partial charge < -0.3 is 14.8 Å². The van der Waals surface area contributed by atoms with Gasteiger partial charge in [0.15, 0.2) is 0 Å². The molecule has 3 rings (SSSR count). The summed E-state index contributed by atoms with van der Waals surface area (Å²) in [5.74, 6) is 0.0632. The van der Waals surface area contributed by atoms with Gasteiger partial charge in [0.25, 0.3) is 0 Å². The van der Waals surface area contributed by atoms with Gasteiger partial charge in [-0.1, -0.05) is 54.6 Å². The number of rotatable bonds is 11. The van der Waals surface area contributed by atoms with E-state index < -0.39 is 0 Å². The minimum Gasteiger partial charge on any atom is -0.356 e. The number of benzene rings is 2. The quantitative estimate of drug-likeness (QED) is 0.494. The standard InChI is InChI=1S/C25H30N4O/c1-28(19-15-22-7-3-2-4-8-22)18-6-16-27-25(30)10-5-9-23-11-13-24(14-12-23)29-20-17-26-21-29/h2-5,7-9,11-14,17,20-21H,6,10,15-16,18-19H2,1H3,(H,27,30)/b9-5+. The number of likely N-dealkylation sites (N-methyl/N-ethyl adjacent to an activating group) is 1. The number of carbonyl (C=O) groups excluding carboxylic acids is 1. The van der Waals surface area contributed by atoms with Gasteiger partial charge >= 0.3 is 0 Å². The predicted octanol–water partition coefficient (Wildman–Crippen LogP) is 3.96. The van der Waals surface area contributed by atoms with Gasteiger partial charge in [0.2, 0.25) is 5.91 Å². The van der Waals surface area contributed by atoms with Crippen molar-refractivity contribution in [1.82, 2.24) is 19.8 Å². The van der Waals surface area contributed by atoms with E-state index in [0.717, 1.165) is 37.2 Å². The molecule has 0 saturated carbocycles. The molecular weight excluding hydrogens is 372 g/mol. The number of carbonyl (C=O) groups is 1. The molecule has 1 N–H and O–H groups in total. The molecule has 0 atom stereocenters. The number of hydrogen-bond donors (Lipinski definition) is 1. The Balaban J connectivity index is 1.28. The van der Waals surface area contributed by atoms with Crippen molar-refractivity contribution in [1.29, 1.82) is 0 Å². The average Bonchev–Trinajstić information content (AvgIpc) is 3.31. The van der Waals surface area contributed by atoms with Crippen LogP contribution in [0.3, 0.4) is 0 Å². The summed E-state index contributed by atoms with van der Waals surface area (Å²) in [4.78, 5) is 18.4. The Labute approximate surface area is 179 Å². The van der Waals surface area contributed by atoms with Crippen LogP contribution in [0.4, 0.5) is 0 Å². The Morgan fingerprint density at radius 1 is 1.10 bits per heavy atom. The van der Waals surface area contributed by atoms with Gasteiger partial charge in [-0.15, -0.1) is 0 Å². The van der Waals surface area contributed by atoms with Crippen molar-refractivity contribution in [2.45, 2.75) is 19.3 Å². The van der Waals surface area contributed by atoms with E-state index in [4.69, 9.17) is 0 Å². The van der Waals surface area contributed by atoms with E-state index >= 15 is 0 Å². The van der Waals surface area contributed by atoms with Crippen LogP contribution in [-0.4, -0.2) is 47.0 Å². The van der Waals surface area contributed by atoms with E-state index in [1.807, 2.05) is 53.2 Å². The van der Waals surface area contributed by atoms with E-state index in [9.17, 15) is 4.79 Å². The minimum absolute atomic E-state index is 0.0632. The van der Waals surface area contributed by atoms with Crippen molar-refractivity contribution in [2.75, 3.05) is 26.7 Å². The predicted molar refractivity (Wildman–Crippen MR) is 122 cm³/mol. The van der Waals surface area contributed by atoms with E-state index in [1.54, 1.807) is 12.5 Å². The molecule has 0 aliphatic rings. The summed E-state index contributed by atoms with van der Waals surface area (Å²) in [7, 11) is 2.13. The van der Waals surface area contributed by atoms with Gasteiger partial charge in [-0.2, -0.15) is 0 Å². The first-order valence-corrected chi connectivity index (χ1v) is 10.4. The molecule has 3 aromatic rings. The monoisotopic (exact) mass is 402 g/mol. The first kappa shape index (κ1) is 21.5. The van der Waals surface area contributed by atoms with Crippen LogP contribution < -0.4 is 5.32 Å². The molecule has 0 aliphatic heterocycles. The van der Waals surface area contributed by atoms with Crippen molar-refractivity contribution in [3.8, 4) is 5.69 Å². The molecule has 5 heteroatoms. The second-order valence-electron chi connectivity index (χ2n) is 7.41. The first-order valence-electron chi connectivity index (χ1n) is 10.4. The Bertz CT molecular complexity index is 902. The molecule has 0 saturated heterocycles. The highest BCUT2D eigenvalue weighted by molar-refractivity contribution is 5.78. The number of aromatic nitrogens is 2. The molecule has 156 valence electrons. The molecule has 0 fully saturated rings. The lowest BCUT2D eigenvalue weighted by Gasteiger charge is -2.16. The molecule has 1 amide bonds. The van der Waals surface area contributed by atoms with Crippen LogP contribution >= 0.6 is 0 Å². The summed E-state index contributed by atoms with van der Waals surface area (Å²) in [5, 5.41) is 3.00. The summed E-state index contributed by atoms with van der Waals surface area (Å²) >= 11 is 0. The van der Waals surface area contributed by atoms with Gasteiger partial charge in [-0.25, -0.2) is 4.98 Å². The summed E-state index contributed by atoms with van der Waals surface area (Å²) < 4.78 is 1.96. The highest BCUT2D eigenvalue weighted by Gasteiger charge is 2.01. The highest BCUT2D eigenvalue weighted by atomic mass is 16.1. The van der Waals surface area contributed by atoms with Crippen molar-refractivity contribution >= 4 is 12.0 Å². The summed E-state index contributed by atoms with van der Waals surface area (Å²) in [5.41, 5.74) is 3.50. The zero-order valence-electron chi connectivity index (χ0n) is 17.6. The van der Waals surface area contributed by atoms with Gasteiger partial charge in [0, 0.05) is 37.6 Å². The third-order valence-electron chi connectivity index (χ3n) is 4.97. The fourth-order valence-electron chi connectivity index (χ4n) is 3.20. The van der Waals surface area contributed by atoms with Crippen molar-refractivity contribution in [3.63, 3.8) is 0 Å². The van der Waals surface area contributed by atoms with Crippen LogP contribution in [0.15, 0.2) is 79.4 Å². The maximum atomic E-state index is 12.0. The summed E-state index contributed by atoms with van der Waals surface area (Å²) in [6.07, 6.45) is 11.7. The van der Waals surface area contributed by atoms with E-state index in [2.05, 4.69) is 46.5 Å². The van der Waals surface area contributed by atoms with E-state index in [1.165, 1.54) is 5.56 Å². The number of hydrogen-bond acceptors (Lipinski definition) is 3. The molecule has 1 aromatic heterocycles. The van der Waals surface area contributed by atoms with Gasteiger partial charge in [0.1, 0.15) is 0 Å². The van der Waals surface area contributed by atoms with Crippen molar-refractivity contribution in [2.24, 2.45) is 0 Å². The number of nitrogens with zero attached hydrogens (tertiary/aromatic N) is 3. The molecule has 0 bridgehead atoms. The lowest BCUT2D eigenvalue weighted by Crippen LogP contribution is -2.28. The minimum atomic E-state index is 0.0632. The Kier molecular flexibility index (Phi) is 8.42. The van der Waals surface area contributed by atoms with Crippen molar-refractivity contribution < 1.29 is 4.79 Å². The third kappa shape index (κ3) is 7.33. The SMILES string of the molecule is CN(CCCNC(=O)C/C=C/c1ccc(-n2ccnc2)cc1)CCc1ccccc1. The number of imidazole rings is 1. The van der Waals surface area contributed by atoms with Gasteiger partial charge in [0.05, 0.1) is 6.33 Å². The molecule has 2 aromatic carbocycles. The van der Waals surface area contributed by atoms with Gasteiger partial charge in [-0.3, -0.25) is 4.79 Å². The molecule has 0 spiro atoms. The maximum absolute atomic E-state index is 12.0. The zero-order chi connectivity index (χ0) is 21.0. The van der Waals surface area contributed by atoms with Gasteiger partial charge in [-0.05, 0) is 49.7 Å². The Morgan fingerprint density at radius 3 is 2.63 bits per heavy atom. The number of nitrogens with one attached hydrogen (secondary N) is 1.